The van der Waals surface area contributed by atoms with Gasteiger partial charge in [0.15, 0.2) is 0 Å². The third-order valence-corrected chi connectivity index (χ3v) is 5.40. The summed E-state index contributed by atoms with van der Waals surface area (Å²) >= 11 is 0. The first-order chi connectivity index (χ1) is 15.6. The lowest BCUT2D eigenvalue weighted by Crippen LogP contribution is -2.17. The van der Waals surface area contributed by atoms with E-state index in [9.17, 15) is 4.79 Å². The Morgan fingerprint density at radius 1 is 1.28 bits per heavy atom. The molecule has 4 N–H and O–H groups in total. The summed E-state index contributed by atoms with van der Waals surface area (Å²) in [6.07, 6.45) is 7.96. The summed E-state index contributed by atoms with van der Waals surface area (Å²) in [6, 6.07) is 5.60. The van der Waals surface area contributed by atoms with Gasteiger partial charge in [-0.3, -0.25) is 9.48 Å². The fraction of sp³-hybridized carbons (Fsp3) is 0.273. The van der Waals surface area contributed by atoms with E-state index < -0.39 is 0 Å². The van der Waals surface area contributed by atoms with Crippen molar-refractivity contribution < 1.29 is 9.53 Å². The monoisotopic (exact) mass is 432 g/mol. The number of carbonyl (C=O) groups excluding carboxylic acids is 1. The predicted molar refractivity (Wildman–Crippen MR) is 122 cm³/mol. The third kappa shape index (κ3) is 3.70. The molecule has 1 aliphatic rings. The first kappa shape index (κ1) is 19.9. The number of amides is 1. The smallest absolute Gasteiger partial charge is 0.251 e. The highest BCUT2D eigenvalue weighted by Crippen LogP contribution is 2.36. The van der Waals surface area contributed by atoms with Crippen LogP contribution in [0.2, 0.25) is 0 Å². The molecule has 1 amide bonds. The van der Waals surface area contributed by atoms with Gasteiger partial charge in [0.05, 0.1) is 24.4 Å². The summed E-state index contributed by atoms with van der Waals surface area (Å²) < 4.78 is 7.25. The van der Waals surface area contributed by atoms with Gasteiger partial charge in [0.2, 0.25) is 5.95 Å². The van der Waals surface area contributed by atoms with Crippen LogP contribution in [-0.2, 0) is 7.05 Å². The van der Waals surface area contributed by atoms with E-state index in [1.807, 2.05) is 25.6 Å². The Balaban J connectivity index is 1.55. The van der Waals surface area contributed by atoms with E-state index in [-0.39, 0.29) is 5.91 Å². The lowest BCUT2D eigenvalue weighted by atomic mass is 10.1. The van der Waals surface area contributed by atoms with Crippen LogP contribution in [0.3, 0.4) is 0 Å². The zero-order valence-electron chi connectivity index (χ0n) is 18.1. The second-order valence-electron chi connectivity index (χ2n) is 7.76. The number of nitrogens with zero attached hydrogens (tertiary/aromatic N) is 4. The van der Waals surface area contributed by atoms with Gasteiger partial charge in [-0.1, -0.05) is 0 Å². The van der Waals surface area contributed by atoms with Gasteiger partial charge >= 0.3 is 0 Å². The van der Waals surface area contributed by atoms with Crippen molar-refractivity contribution >= 4 is 34.4 Å². The summed E-state index contributed by atoms with van der Waals surface area (Å²) in [5.41, 5.74) is 3.87. The van der Waals surface area contributed by atoms with E-state index in [2.05, 4.69) is 31.0 Å². The number of nitrogens with one attached hydrogen (secondary N) is 4. The molecule has 10 nitrogen and oxygen atoms in total. The van der Waals surface area contributed by atoms with Gasteiger partial charge in [-0.25, -0.2) is 0 Å². The second kappa shape index (κ2) is 7.88. The van der Waals surface area contributed by atoms with Crippen LogP contribution in [0, 0.1) is 0 Å². The molecule has 32 heavy (non-hydrogen) atoms. The van der Waals surface area contributed by atoms with Crippen molar-refractivity contribution in [1.82, 2.24) is 30.0 Å². The van der Waals surface area contributed by atoms with Crippen molar-refractivity contribution in [3.8, 4) is 16.9 Å². The molecule has 5 rings (SSSR count). The Morgan fingerprint density at radius 3 is 2.81 bits per heavy atom. The van der Waals surface area contributed by atoms with Crippen molar-refractivity contribution in [3.63, 3.8) is 0 Å². The topological polar surface area (TPSA) is 122 Å². The number of aromatic nitrogens is 5. The van der Waals surface area contributed by atoms with Crippen LogP contribution in [0.15, 0.2) is 36.8 Å². The van der Waals surface area contributed by atoms with E-state index >= 15 is 0 Å². The number of hydrogen-bond acceptors (Lipinski definition) is 7. The number of carbonyl (C=O) groups is 1. The molecule has 0 radical (unpaired) electrons. The highest BCUT2D eigenvalue weighted by molar-refractivity contribution is 6.01. The number of methoxy groups -OCH3 is 1. The van der Waals surface area contributed by atoms with Crippen molar-refractivity contribution in [3.05, 3.63) is 42.4 Å². The molecule has 3 aromatic heterocycles. The molecule has 1 aromatic carbocycles. The zero-order chi connectivity index (χ0) is 22.2. The molecule has 164 valence electrons. The van der Waals surface area contributed by atoms with Crippen LogP contribution in [0.5, 0.6) is 5.75 Å². The lowest BCUT2D eigenvalue weighted by molar-refractivity contribution is 0.0963. The van der Waals surface area contributed by atoms with E-state index in [4.69, 9.17) is 9.72 Å². The third-order valence-electron chi connectivity index (χ3n) is 5.40. The molecule has 0 unspecified atom stereocenters. The van der Waals surface area contributed by atoms with Crippen LogP contribution >= 0.6 is 0 Å². The molecular formula is C22H24N8O2. The zero-order valence-corrected chi connectivity index (χ0v) is 18.1. The average Bonchev–Trinajstić information content (AvgIpc) is 3.34. The fourth-order valence-corrected chi connectivity index (χ4v) is 3.60. The minimum atomic E-state index is -0.183. The number of rotatable bonds is 7. The van der Waals surface area contributed by atoms with E-state index in [0.717, 1.165) is 35.2 Å². The van der Waals surface area contributed by atoms with Crippen LogP contribution in [0.1, 0.15) is 23.2 Å². The quantitative estimate of drug-likeness (QED) is 0.354. The molecule has 1 saturated carbocycles. The van der Waals surface area contributed by atoms with Gasteiger partial charge in [0.1, 0.15) is 17.2 Å². The summed E-state index contributed by atoms with van der Waals surface area (Å²) in [5.74, 6) is 1.53. The first-order valence-electron chi connectivity index (χ1n) is 10.4. The van der Waals surface area contributed by atoms with E-state index in [1.54, 1.807) is 37.0 Å². The van der Waals surface area contributed by atoms with Gasteiger partial charge in [-0.2, -0.15) is 15.1 Å². The molecule has 0 bridgehead atoms. The minimum Gasteiger partial charge on any atom is -0.495 e. The maximum atomic E-state index is 11.9. The van der Waals surface area contributed by atoms with Crippen LogP contribution < -0.4 is 20.7 Å². The first-order valence-corrected chi connectivity index (χ1v) is 10.4. The summed E-state index contributed by atoms with van der Waals surface area (Å²) in [4.78, 5) is 24.7. The maximum absolute atomic E-state index is 11.9. The highest BCUT2D eigenvalue weighted by atomic mass is 16.5. The van der Waals surface area contributed by atoms with E-state index in [0.29, 0.717) is 34.6 Å². The molecule has 1 fully saturated rings. The summed E-state index contributed by atoms with van der Waals surface area (Å²) in [5, 5.41) is 14.6. The normalized spacial score (nSPS) is 13.2. The number of ether oxygens (including phenoxy) is 1. The predicted octanol–water partition coefficient (Wildman–Crippen LogP) is 3.04. The molecule has 1 aliphatic carbocycles. The SMILES string of the molecule is CNC(=O)c1ccc(Nc2nc(NC3CC3)c3c(-c4cnn(C)c4)c[nH]c3n2)c(OC)c1. The van der Waals surface area contributed by atoms with Gasteiger partial charge in [-0.05, 0) is 31.0 Å². The van der Waals surface area contributed by atoms with Gasteiger partial charge in [-0.15, -0.1) is 0 Å². The van der Waals surface area contributed by atoms with Gasteiger partial charge < -0.3 is 25.7 Å². The number of hydrogen-bond donors (Lipinski definition) is 4. The van der Waals surface area contributed by atoms with Gasteiger partial charge in [0.25, 0.3) is 5.91 Å². The molecule has 0 atom stereocenters. The largest absolute Gasteiger partial charge is 0.495 e. The molecule has 0 aliphatic heterocycles. The molecule has 3 heterocycles. The number of aromatic amines is 1. The molecule has 0 saturated heterocycles. The van der Waals surface area contributed by atoms with Crippen molar-refractivity contribution in [1.29, 1.82) is 0 Å². The Labute approximate surface area is 184 Å². The Kier molecular flexibility index (Phi) is 4.89. The molecule has 4 aromatic rings. The number of fused-ring (bicyclic) bond motifs is 1. The Morgan fingerprint density at radius 2 is 2.12 bits per heavy atom. The van der Waals surface area contributed by atoms with E-state index in [1.165, 1.54) is 0 Å². The van der Waals surface area contributed by atoms with Crippen LogP contribution in [-0.4, -0.2) is 50.8 Å². The second-order valence-corrected chi connectivity index (χ2v) is 7.76. The van der Waals surface area contributed by atoms with Crippen molar-refractivity contribution in [2.45, 2.75) is 18.9 Å². The summed E-state index contributed by atoms with van der Waals surface area (Å²) in [7, 11) is 5.04. The van der Waals surface area contributed by atoms with Gasteiger partial charge in [0, 0.05) is 49.2 Å². The van der Waals surface area contributed by atoms with Crippen molar-refractivity contribution in [2.75, 3.05) is 24.8 Å². The molecular weight excluding hydrogens is 408 g/mol. The lowest BCUT2D eigenvalue weighted by Gasteiger charge is -2.13. The van der Waals surface area contributed by atoms with Crippen LogP contribution in [0.25, 0.3) is 22.2 Å². The Bertz CT molecular complexity index is 1300. The fourth-order valence-electron chi connectivity index (χ4n) is 3.60. The highest BCUT2D eigenvalue weighted by Gasteiger charge is 2.25. The standard InChI is InChI=1S/C22H24N8O2/c1-23-21(31)12-4-7-16(17(8-12)32-3)27-22-28-19-18(20(29-22)26-14-5-6-14)15(10-24-19)13-9-25-30(2)11-13/h4,7-11,14H,5-6H2,1-3H3,(H,23,31)(H3,24,26,27,28,29). The minimum absolute atomic E-state index is 0.183. The van der Waals surface area contributed by atoms with Crippen molar-refractivity contribution in [2.24, 2.45) is 7.05 Å². The number of benzene rings is 1. The molecule has 10 heteroatoms. The molecule has 0 spiro atoms. The number of H-pyrrole nitrogens is 1. The number of anilines is 3. The Hall–Kier alpha value is -4.08. The average molecular weight is 432 g/mol. The summed E-state index contributed by atoms with van der Waals surface area (Å²) in [6.45, 7) is 0. The maximum Gasteiger partial charge on any atom is 0.251 e. The number of aryl methyl sites for hydroxylation is 1. The van der Waals surface area contributed by atoms with Crippen LogP contribution in [0.4, 0.5) is 17.5 Å².